The van der Waals surface area contributed by atoms with Crippen LogP contribution in [0.25, 0.3) is 0 Å². The smallest absolute Gasteiger partial charge is 0.0991 e. The highest BCUT2D eigenvalue weighted by Crippen LogP contribution is 2.21. The molecule has 0 aromatic heterocycles. The van der Waals surface area contributed by atoms with Gasteiger partial charge < -0.3 is 10.4 Å². The molecule has 3 nitrogen and oxygen atoms in total. The van der Waals surface area contributed by atoms with Gasteiger partial charge in [0.15, 0.2) is 0 Å². The molecule has 1 rings (SSSR count). The molecule has 1 unspecified atom stereocenters. The van der Waals surface area contributed by atoms with Crippen molar-refractivity contribution in [3.05, 3.63) is 35.4 Å². The van der Waals surface area contributed by atoms with E-state index >= 15 is 0 Å². The molecular weight excluding hydrogens is 224 g/mol. The van der Waals surface area contributed by atoms with E-state index in [4.69, 9.17) is 5.26 Å². The number of hydrogen-bond donors (Lipinski definition) is 2. The molecule has 0 bridgehead atoms. The van der Waals surface area contributed by atoms with Gasteiger partial charge in [-0.3, -0.25) is 0 Å². The highest BCUT2D eigenvalue weighted by atomic mass is 16.3. The minimum absolute atomic E-state index is 0.0841. The first-order valence-electron chi connectivity index (χ1n) is 6.31. The second-order valence-corrected chi connectivity index (χ2v) is 5.63. The number of benzene rings is 1. The van der Waals surface area contributed by atoms with Crippen LogP contribution in [-0.2, 0) is 6.54 Å². The molecule has 0 saturated carbocycles. The summed E-state index contributed by atoms with van der Waals surface area (Å²) in [6.45, 7) is 7.76. The Morgan fingerprint density at radius 2 is 1.94 bits per heavy atom. The van der Waals surface area contributed by atoms with E-state index in [0.717, 1.165) is 19.5 Å². The zero-order valence-corrected chi connectivity index (χ0v) is 11.4. The van der Waals surface area contributed by atoms with Crippen molar-refractivity contribution in [3.8, 4) is 6.07 Å². The first kappa shape index (κ1) is 14.7. The molecule has 0 saturated heterocycles. The van der Waals surface area contributed by atoms with Gasteiger partial charge >= 0.3 is 0 Å². The van der Waals surface area contributed by atoms with Crippen molar-refractivity contribution >= 4 is 0 Å². The van der Waals surface area contributed by atoms with Gasteiger partial charge in [-0.2, -0.15) is 5.26 Å². The van der Waals surface area contributed by atoms with Crippen LogP contribution < -0.4 is 5.32 Å². The number of rotatable bonds is 6. The number of aliphatic hydroxyl groups is 1. The Hall–Kier alpha value is -1.37. The van der Waals surface area contributed by atoms with Crippen LogP contribution in [0.15, 0.2) is 24.3 Å². The maximum Gasteiger partial charge on any atom is 0.0991 e. The summed E-state index contributed by atoms with van der Waals surface area (Å²) in [5.41, 5.74) is 1.94. The van der Waals surface area contributed by atoms with Crippen molar-refractivity contribution in [2.75, 3.05) is 6.54 Å². The van der Waals surface area contributed by atoms with E-state index in [9.17, 15) is 5.11 Å². The second kappa shape index (κ2) is 6.53. The predicted molar refractivity (Wildman–Crippen MR) is 72.9 cm³/mol. The average Bonchev–Trinajstić information content (AvgIpc) is 2.28. The SMILES string of the molecule is CC(O)CC(C)(C)CNCc1ccc(C#N)cc1. The van der Waals surface area contributed by atoms with Gasteiger partial charge in [-0.05, 0) is 36.5 Å². The molecule has 2 N–H and O–H groups in total. The fraction of sp³-hybridized carbons (Fsp3) is 0.533. The van der Waals surface area contributed by atoms with E-state index in [1.165, 1.54) is 5.56 Å². The van der Waals surface area contributed by atoms with E-state index in [2.05, 4.69) is 25.2 Å². The molecule has 0 aliphatic heterocycles. The van der Waals surface area contributed by atoms with Crippen LogP contribution in [0.4, 0.5) is 0 Å². The van der Waals surface area contributed by atoms with Gasteiger partial charge in [0.25, 0.3) is 0 Å². The molecule has 1 atom stereocenters. The van der Waals surface area contributed by atoms with Crippen LogP contribution in [0.5, 0.6) is 0 Å². The number of aliphatic hydroxyl groups excluding tert-OH is 1. The minimum Gasteiger partial charge on any atom is -0.393 e. The molecule has 0 heterocycles. The number of nitriles is 1. The predicted octanol–water partition coefficient (Wildman–Crippen LogP) is 2.44. The Kier molecular flexibility index (Phi) is 5.33. The Bertz CT molecular complexity index is 401. The largest absolute Gasteiger partial charge is 0.393 e. The monoisotopic (exact) mass is 246 g/mol. The summed E-state index contributed by atoms with van der Waals surface area (Å²) in [6, 6.07) is 9.70. The summed E-state index contributed by atoms with van der Waals surface area (Å²) in [5, 5.41) is 21.5. The van der Waals surface area contributed by atoms with Crippen molar-refractivity contribution in [3.63, 3.8) is 0 Å². The molecule has 3 heteroatoms. The third-order valence-electron chi connectivity index (χ3n) is 2.86. The van der Waals surface area contributed by atoms with Gasteiger partial charge in [-0.1, -0.05) is 26.0 Å². The van der Waals surface area contributed by atoms with Gasteiger partial charge in [0.05, 0.1) is 17.7 Å². The summed E-state index contributed by atoms with van der Waals surface area (Å²) < 4.78 is 0. The molecule has 18 heavy (non-hydrogen) atoms. The lowest BCUT2D eigenvalue weighted by Crippen LogP contribution is -2.31. The lowest BCUT2D eigenvalue weighted by Gasteiger charge is -2.26. The van der Waals surface area contributed by atoms with Gasteiger partial charge in [0.2, 0.25) is 0 Å². The van der Waals surface area contributed by atoms with E-state index < -0.39 is 0 Å². The summed E-state index contributed by atoms with van der Waals surface area (Å²) >= 11 is 0. The first-order chi connectivity index (χ1) is 8.43. The van der Waals surface area contributed by atoms with Gasteiger partial charge in [0, 0.05) is 13.1 Å². The van der Waals surface area contributed by atoms with Crippen LogP contribution in [0.2, 0.25) is 0 Å². The lowest BCUT2D eigenvalue weighted by molar-refractivity contribution is 0.128. The zero-order chi connectivity index (χ0) is 13.6. The van der Waals surface area contributed by atoms with Gasteiger partial charge in [-0.25, -0.2) is 0 Å². The molecule has 0 amide bonds. The lowest BCUT2D eigenvalue weighted by atomic mass is 9.87. The standard InChI is InChI=1S/C15H22N2O/c1-12(18)8-15(2,3)11-17-10-14-6-4-13(9-16)5-7-14/h4-7,12,17-18H,8,10-11H2,1-3H3. The van der Waals surface area contributed by atoms with Crippen LogP contribution in [-0.4, -0.2) is 17.8 Å². The number of nitrogens with zero attached hydrogens (tertiary/aromatic N) is 1. The highest BCUT2D eigenvalue weighted by molar-refractivity contribution is 5.31. The molecule has 0 radical (unpaired) electrons. The Labute approximate surface area is 109 Å². The molecule has 0 aliphatic carbocycles. The number of hydrogen-bond acceptors (Lipinski definition) is 3. The van der Waals surface area contributed by atoms with Crippen molar-refractivity contribution in [1.82, 2.24) is 5.32 Å². The van der Waals surface area contributed by atoms with Crippen molar-refractivity contribution in [2.45, 2.75) is 39.8 Å². The topological polar surface area (TPSA) is 56.0 Å². The summed E-state index contributed by atoms with van der Waals surface area (Å²) in [4.78, 5) is 0. The van der Waals surface area contributed by atoms with E-state index in [1.54, 1.807) is 0 Å². The molecule has 1 aromatic carbocycles. The van der Waals surface area contributed by atoms with Crippen molar-refractivity contribution in [1.29, 1.82) is 5.26 Å². The van der Waals surface area contributed by atoms with Crippen LogP contribution >= 0.6 is 0 Å². The second-order valence-electron chi connectivity index (χ2n) is 5.63. The normalized spacial score (nSPS) is 13.1. The van der Waals surface area contributed by atoms with Gasteiger partial charge in [0.1, 0.15) is 0 Å². The summed E-state index contributed by atoms with van der Waals surface area (Å²) in [6.07, 6.45) is 0.518. The Morgan fingerprint density at radius 3 is 2.44 bits per heavy atom. The third kappa shape index (κ3) is 5.31. The Balaban J connectivity index is 2.39. The summed E-state index contributed by atoms with van der Waals surface area (Å²) in [5.74, 6) is 0. The Morgan fingerprint density at radius 1 is 1.33 bits per heavy atom. The fourth-order valence-electron chi connectivity index (χ4n) is 2.11. The molecule has 0 spiro atoms. The third-order valence-corrected chi connectivity index (χ3v) is 2.86. The molecular formula is C15H22N2O. The molecule has 1 aromatic rings. The maximum atomic E-state index is 9.40. The quantitative estimate of drug-likeness (QED) is 0.810. The van der Waals surface area contributed by atoms with Crippen LogP contribution in [0.1, 0.15) is 38.3 Å². The molecule has 98 valence electrons. The first-order valence-corrected chi connectivity index (χ1v) is 6.31. The van der Waals surface area contributed by atoms with E-state index in [0.29, 0.717) is 5.56 Å². The summed E-state index contributed by atoms with van der Waals surface area (Å²) in [7, 11) is 0. The highest BCUT2D eigenvalue weighted by Gasteiger charge is 2.19. The minimum atomic E-state index is -0.267. The maximum absolute atomic E-state index is 9.40. The molecule has 0 aliphatic rings. The van der Waals surface area contributed by atoms with Gasteiger partial charge in [-0.15, -0.1) is 0 Å². The average molecular weight is 246 g/mol. The molecule has 0 fully saturated rings. The van der Waals surface area contributed by atoms with Crippen LogP contribution in [0.3, 0.4) is 0 Å². The van der Waals surface area contributed by atoms with Crippen molar-refractivity contribution < 1.29 is 5.11 Å². The van der Waals surface area contributed by atoms with Crippen LogP contribution in [0, 0.1) is 16.7 Å². The van der Waals surface area contributed by atoms with Crippen molar-refractivity contribution in [2.24, 2.45) is 5.41 Å². The van der Waals surface area contributed by atoms with E-state index in [1.807, 2.05) is 31.2 Å². The zero-order valence-electron chi connectivity index (χ0n) is 11.4. The fourth-order valence-corrected chi connectivity index (χ4v) is 2.11. The van der Waals surface area contributed by atoms with E-state index in [-0.39, 0.29) is 11.5 Å². The number of nitrogens with one attached hydrogen (secondary N) is 1.